The van der Waals surface area contributed by atoms with E-state index in [9.17, 15) is 5.11 Å². The molecule has 1 saturated heterocycles. The normalized spacial score (nSPS) is 17.6. The number of aliphatic hydroxyl groups excluding tert-OH is 1. The fourth-order valence-corrected chi connectivity index (χ4v) is 2.34. The van der Waals surface area contributed by atoms with E-state index in [-0.39, 0.29) is 6.10 Å². The lowest BCUT2D eigenvalue weighted by Crippen LogP contribution is -2.36. The molecule has 3 N–H and O–H groups in total. The molecule has 0 amide bonds. The Morgan fingerprint density at radius 2 is 1.89 bits per heavy atom. The van der Waals surface area contributed by atoms with Crippen LogP contribution in [0.3, 0.4) is 0 Å². The number of ether oxygens (including phenoxy) is 1. The lowest BCUT2D eigenvalue weighted by Gasteiger charge is -2.29. The molecule has 0 spiro atoms. The van der Waals surface area contributed by atoms with E-state index in [1.54, 1.807) is 0 Å². The molecule has 0 aliphatic carbocycles. The zero-order valence-electron chi connectivity index (χ0n) is 11.4. The predicted molar refractivity (Wildman–Crippen MR) is 76.1 cm³/mol. The van der Waals surface area contributed by atoms with Crippen LogP contribution < -0.4 is 10.5 Å². The van der Waals surface area contributed by atoms with Crippen LogP contribution in [0.25, 0.3) is 0 Å². The monoisotopic (exact) mass is 264 g/mol. The number of rotatable bonds is 6. The summed E-state index contributed by atoms with van der Waals surface area (Å²) < 4.78 is 5.70. The third kappa shape index (κ3) is 4.82. The number of nitrogens with zero attached hydrogens (tertiary/aromatic N) is 1. The second-order valence-corrected chi connectivity index (χ2v) is 5.12. The first-order chi connectivity index (χ1) is 9.28. The number of likely N-dealkylation sites (tertiary alicyclic amines) is 1. The largest absolute Gasteiger partial charge is 0.494 e. The molecule has 1 aliphatic rings. The van der Waals surface area contributed by atoms with E-state index in [2.05, 4.69) is 4.90 Å². The highest BCUT2D eigenvalue weighted by Crippen LogP contribution is 2.13. The first-order valence-corrected chi connectivity index (χ1v) is 7.10. The lowest BCUT2D eigenvalue weighted by molar-refractivity contribution is 0.0800. The number of hydrogen-bond acceptors (Lipinski definition) is 4. The fourth-order valence-electron chi connectivity index (χ4n) is 2.34. The molecule has 19 heavy (non-hydrogen) atoms. The number of hydrogen-bond donors (Lipinski definition) is 2. The van der Waals surface area contributed by atoms with E-state index in [0.29, 0.717) is 6.54 Å². The van der Waals surface area contributed by atoms with Crippen LogP contribution in [0.2, 0.25) is 0 Å². The molecular weight excluding hydrogens is 240 g/mol. The van der Waals surface area contributed by atoms with E-state index in [1.165, 1.54) is 0 Å². The molecule has 0 aromatic heterocycles. The second-order valence-electron chi connectivity index (χ2n) is 5.12. The van der Waals surface area contributed by atoms with Gasteiger partial charge < -0.3 is 20.5 Å². The molecular formula is C15H24N2O2. The molecule has 106 valence electrons. The molecule has 2 rings (SSSR count). The van der Waals surface area contributed by atoms with E-state index in [4.69, 9.17) is 10.5 Å². The van der Waals surface area contributed by atoms with Crippen molar-refractivity contribution in [3.8, 4) is 5.75 Å². The van der Waals surface area contributed by atoms with Crippen molar-refractivity contribution in [3.63, 3.8) is 0 Å². The molecule has 0 radical (unpaired) electrons. The molecule has 1 aromatic carbocycles. The number of benzene rings is 1. The van der Waals surface area contributed by atoms with Crippen molar-refractivity contribution in [3.05, 3.63) is 29.8 Å². The Labute approximate surface area is 115 Å². The summed E-state index contributed by atoms with van der Waals surface area (Å²) in [6.45, 7) is 4.37. The standard InChI is InChI=1S/C15H24N2O2/c16-12-13-2-4-15(5-3-13)19-11-1-8-17-9-6-14(18)7-10-17/h2-5,14,18H,1,6-12,16H2. The number of nitrogens with two attached hydrogens (primary N) is 1. The van der Waals surface area contributed by atoms with Gasteiger partial charge in [-0.25, -0.2) is 0 Å². The van der Waals surface area contributed by atoms with E-state index in [0.717, 1.165) is 56.8 Å². The molecule has 1 heterocycles. The van der Waals surface area contributed by atoms with Crippen LogP contribution in [0.15, 0.2) is 24.3 Å². The minimum atomic E-state index is -0.0893. The van der Waals surface area contributed by atoms with Gasteiger partial charge in [0.2, 0.25) is 0 Å². The van der Waals surface area contributed by atoms with Crippen LogP contribution in [0.5, 0.6) is 5.75 Å². The minimum Gasteiger partial charge on any atom is -0.494 e. The number of aliphatic hydroxyl groups is 1. The van der Waals surface area contributed by atoms with Crippen molar-refractivity contribution in [2.45, 2.75) is 31.9 Å². The van der Waals surface area contributed by atoms with Gasteiger partial charge in [0.25, 0.3) is 0 Å². The van der Waals surface area contributed by atoms with Gasteiger partial charge >= 0.3 is 0 Å². The minimum absolute atomic E-state index is 0.0893. The maximum atomic E-state index is 9.43. The first-order valence-electron chi connectivity index (χ1n) is 7.10. The third-order valence-electron chi connectivity index (χ3n) is 3.60. The van der Waals surface area contributed by atoms with E-state index in [1.807, 2.05) is 24.3 Å². The van der Waals surface area contributed by atoms with Crippen molar-refractivity contribution < 1.29 is 9.84 Å². The summed E-state index contributed by atoms with van der Waals surface area (Å²) in [6, 6.07) is 7.95. The maximum absolute atomic E-state index is 9.43. The summed E-state index contributed by atoms with van der Waals surface area (Å²) in [6.07, 6.45) is 2.74. The molecule has 0 unspecified atom stereocenters. The Morgan fingerprint density at radius 3 is 2.53 bits per heavy atom. The van der Waals surface area contributed by atoms with Crippen molar-refractivity contribution in [2.75, 3.05) is 26.2 Å². The van der Waals surface area contributed by atoms with Crippen LogP contribution in [0.4, 0.5) is 0 Å². The molecule has 0 saturated carbocycles. The van der Waals surface area contributed by atoms with Gasteiger partial charge in [-0.15, -0.1) is 0 Å². The Balaban J connectivity index is 1.61. The fraction of sp³-hybridized carbons (Fsp3) is 0.600. The van der Waals surface area contributed by atoms with Crippen LogP contribution in [-0.4, -0.2) is 42.4 Å². The summed E-state index contributed by atoms with van der Waals surface area (Å²) >= 11 is 0. The summed E-state index contributed by atoms with van der Waals surface area (Å²) in [7, 11) is 0. The van der Waals surface area contributed by atoms with Crippen molar-refractivity contribution >= 4 is 0 Å². The summed E-state index contributed by atoms with van der Waals surface area (Å²) in [5, 5.41) is 9.43. The van der Waals surface area contributed by atoms with Gasteiger partial charge in [-0.1, -0.05) is 12.1 Å². The van der Waals surface area contributed by atoms with Crippen molar-refractivity contribution in [2.24, 2.45) is 5.73 Å². The Kier molecular flexibility index (Phi) is 5.63. The molecule has 0 bridgehead atoms. The summed E-state index contributed by atoms with van der Waals surface area (Å²) in [4.78, 5) is 2.40. The Bertz CT molecular complexity index is 359. The highest BCUT2D eigenvalue weighted by molar-refractivity contribution is 5.26. The molecule has 1 aliphatic heterocycles. The van der Waals surface area contributed by atoms with Crippen LogP contribution in [0.1, 0.15) is 24.8 Å². The highest BCUT2D eigenvalue weighted by Gasteiger charge is 2.15. The smallest absolute Gasteiger partial charge is 0.119 e. The van der Waals surface area contributed by atoms with Crippen molar-refractivity contribution in [1.82, 2.24) is 4.90 Å². The first kappa shape index (κ1) is 14.3. The molecule has 1 fully saturated rings. The average Bonchev–Trinajstić information content (AvgIpc) is 2.46. The SMILES string of the molecule is NCc1ccc(OCCCN2CCC(O)CC2)cc1. The second kappa shape index (κ2) is 7.48. The van der Waals surface area contributed by atoms with Crippen LogP contribution in [0, 0.1) is 0 Å². The third-order valence-corrected chi connectivity index (χ3v) is 3.60. The van der Waals surface area contributed by atoms with Crippen LogP contribution >= 0.6 is 0 Å². The van der Waals surface area contributed by atoms with Gasteiger partial charge in [0.15, 0.2) is 0 Å². The predicted octanol–water partition coefficient (Wildman–Crippen LogP) is 1.37. The van der Waals surface area contributed by atoms with E-state index >= 15 is 0 Å². The van der Waals surface area contributed by atoms with Gasteiger partial charge in [-0.2, -0.15) is 0 Å². The van der Waals surface area contributed by atoms with Gasteiger partial charge in [-0.05, 0) is 37.0 Å². The molecule has 0 atom stereocenters. The maximum Gasteiger partial charge on any atom is 0.119 e. The highest BCUT2D eigenvalue weighted by atomic mass is 16.5. The zero-order chi connectivity index (χ0) is 13.5. The quantitative estimate of drug-likeness (QED) is 0.762. The van der Waals surface area contributed by atoms with E-state index < -0.39 is 0 Å². The van der Waals surface area contributed by atoms with Gasteiger partial charge in [0.05, 0.1) is 12.7 Å². The summed E-state index contributed by atoms with van der Waals surface area (Å²) in [5.41, 5.74) is 6.67. The Morgan fingerprint density at radius 1 is 1.21 bits per heavy atom. The molecule has 4 nitrogen and oxygen atoms in total. The van der Waals surface area contributed by atoms with Gasteiger partial charge in [0.1, 0.15) is 5.75 Å². The zero-order valence-corrected chi connectivity index (χ0v) is 11.4. The number of piperidine rings is 1. The Hall–Kier alpha value is -1.10. The average molecular weight is 264 g/mol. The molecule has 1 aromatic rings. The molecule has 4 heteroatoms. The summed E-state index contributed by atoms with van der Waals surface area (Å²) in [5.74, 6) is 0.909. The lowest BCUT2D eigenvalue weighted by atomic mass is 10.1. The topological polar surface area (TPSA) is 58.7 Å². The van der Waals surface area contributed by atoms with Crippen molar-refractivity contribution in [1.29, 1.82) is 0 Å². The van der Waals surface area contributed by atoms with Gasteiger partial charge in [0, 0.05) is 26.2 Å². The van der Waals surface area contributed by atoms with Crippen LogP contribution in [-0.2, 0) is 6.54 Å². The van der Waals surface area contributed by atoms with Gasteiger partial charge in [-0.3, -0.25) is 0 Å².